The first-order valence-corrected chi connectivity index (χ1v) is 4.17. The summed E-state index contributed by atoms with van der Waals surface area (Å²) in [4.78, 5) is 10.5. The van der Waals surface area contributed by atoms with Crippen LogP contribution in [0.2, 0.25) is 0 Å². The summed E-state index contributed by atoms with van der Waals surface area (Å²) in [5, 5.41) is 1.64. The third-order valence-corrected chi connectivity index (χ3v) is 2.16. The molecule has 0 aliphatic rings. The highest BCUT2D eigenvalue weighted by molar-refractivity contribution is 7.79. The van der Waals surface area contributed by atoms with Gasteiger partial charge in [0.25, 0.3) is 0 Å². The number of benzene rings is 1. The van der Waals surface area contributed by atoms with Gasteiger partial charge in [-0.3, -0.25) is 4.79 Å². The smallest absolute Gasteiger partial charge is 0.150 e. The zero-order chi connectivity index (χ0) is 9.14. The van der Waals surface area contributed by atoms with Crippen molar-refractivity contribution in [3.8, 4) is 0 Å². The van der Waals surface area contributed by atoms with Gasteiger partial charge in [0.1, 0.15) is 6.29 Å². The van der Waals surface area contributed by atoms with Gasteiger partial charge in [0.15, 0.2) is 0 Å². The van der Waals surface area contributed by atoms with Gasteiger partial charge in [-0.25, -0.2) is 0 Å². The van der Waals surface area contributed by atoms with Gasteiger partial charge in [-0.05, 0) is 36.6 Å². The molecule has 1 rings (SSSR count). The van der Waals surface area contributed by atoms with Gasteiger partial charge < -0.3 is 0 Å². The second-order valence-corrected chi connectivity index (χ2v) is 3.04. The number of carbonyl (C=O) groups excluding carboxylic acids is 1. The van der Waals surface area contributed by atoms with E-state index in [0.717, 1.165) is 28.5 Å². The van der Waals surface area contributed by atoms with Crippen LogP contribution >= 0.6 is 12.2 Å². The molecule has 0 N–H and O–H groups in total. The predicted octanol–water partition coefficient (Wildman–Crippen LogP) is 2.46. The molecule has 0 atom stereocenters. The number of hydrogen-bond donors (Lipinski definition) is 0. The molecule has 0 spiro atoms. The maximum Gasteiger partial charge on any atom is 0.150 e. The van der Waals surface area contributed by atoms with E-state index in [2.05, 4.69) is 0 Å². The Morgan fingerprint density at radius 3 is 2.17 bits per heavy atom. The molecule has 0 heterocycles. The molecule has 0 saturated carbocycles. The summed E-state index contributed by atoms with van der Waals surface area (Å²) in [6.45, 7) is 3.86. The molecule has 0 bridgehead atoms. The fourth-order valence-electron chi connectivity index (χ4n) is 1.11. The molecule has 0 aromatic heterocycles. The number of rotatable bonds is 2. The van der Waals surface area contributed by atoms with Gasteiger partial charge in [0.05, 0.1) is 0 Å². The first-order valence-electron chi connectivity index (χ1n) is 3.70. The Morgan fingerprint density at radius 2 is 1.67 bits per heavy atom. The van der Waals surface area contributed by atoms with Gasteiger partial charge in [-0.2, -0.15) is 0 Å². The fourth-order valence-corrected chi connectivity index (χ4v) is 1.37. The first-order chi connectivity index (χ1) is 5.69. The van der Waals surface area contributed by atoms with E-state index >= 15 is 0 Å². The van der Waals surface area contributed by atoms with E-state index in [4.69, 9.17) is 12.2 Å². The number of hydrogen-bond acceptors (Lipinski definition) is 2. The molecule has 0 aliphatic heterocycles. The molecule has 12 heavy (non-hydrogen) atoms. The predicted molar refractivity (Wildman–Crippen MR) is 54.1 cm³/mol. The average Bonchev–Trinajstić information content (AvgIpc) is 2.08. The summed E-state index contributed by atoms with van der Waals surface area (Å²) in [6.07, 6.45) is 0.871. The van der Waals surface area contributed by atoms with E-state index in [-0.39, 0.29) is 0 Å². The first kappa shape index (κ1) is 9.07. The second-order valence-electron chi connectivity index (χ2n) is 2.80. The molecule has 0 amide bonds. The normalized spacial score (nSPS) is 9.50. The third-order valence-electron chi connectivity index (χ3n) is 1.91. The Kier molecular flexibility index (Phi) is 2.71. The minimum atomic E-state index is 0.744. The van der Waals surface area contributed by atoms with E-state index in [1.165, 1.54) is 0 Å². The summed E-state index contributed by atoms with van der Waals surface area (Å²) in [6, 6.07) is 3.80. The van der Waals surface area contributed by atoms with Crippen molar-refractivity contribution < 1.29 is 4.79 Å². The minimum absolute atomic E-state index is 0.744. The van der Waals surface area contributed by atoms with Crippen molar-refractivity contribution in [3.05, 3.63) is 34.4 Å². The quantitative estimate of drug-likeness (QED) is 0.511. The van der Waals surface area contributed by atoms with Crippen LogP contribution in [0.3, 0.4) is 0 Å². The van der Waals surface area contributed by atoms with Crippen LogP contribution in [0.4, 0.5) is 0 Å². The Hall–Kier alpha value is -1.02. The highest BCUT2D eigenvalue weighted by Gasteiger charge is 2.00. The van der Waals surface area contributed by atoms with E-state index in [1.54, 1.807) is 5.37 Å². The SMILES string of the molecule is Cc1cc(C=S)c(C)cc1C=O. The molecular formula is C10H10OS. The lowest BCUT2D eigenvalue weighted by atomic mass is 10.0. The van der Waals surface area contributed by atoms with Crippen LogP contribution in [-0.2, 0) is 0 Å². The van der Waals surface area contributed by atoms with Gasteiger partial charge >= 0.3 is 0 Å². The molecular weight excluding hydrogens is 168 g/mol. The minimum Gasteiger partial charge on any atom is -0.298 e. The van der Waals surface area contributed by atoms with Crippen molar-refractivity contribution in [1.82, 2.24) is 0 Å². The summed E-state index contributed by atoms with van der Waals surface area (Å²) in [5.41, 5.74) is 3.80. The van der Waals surface area contributed by atoms with Gasteiger partial charge in [0.2, 0.25) is 0 Å². The van der Waals surface area contributed by atoms with Crippen molar-refractivity contribution in [2.75, 3.05) is 0 Å². The van der Waals surface area contributed by atoms with Crippen molar-refractivity contribution >= 4 is 23.9 Å². The van der Waals surface area contributed by atoms with Crippen LogP contribution in [-0.4, -0.2) is 11.7 Å². The lowest BCUT2D eigenvalue weighted by Gasteiger charge is -2.03. The van der Waals surface area contributed by atoms with Crippen molar-refractivity contribution in [1.29, 1.82) is 0 Å². The maximum atomic E-state index is 10.5. The van der Waals surface area contributed by atoms with Crippen molar-refractivity contribution in [2.45, 2.75) is 13.8 Å². The van der Waals surface area contributed by atoms with Crippen LogP contribution in [0.25, 0.3) is 0 Å². The van der Waals surface area contributed by atoms with Crippen molar-refractivity contribution in [2.24, 2.45) is 0 Å². The van der Waals surface area contributed by atoms with Crippen LogP contribution in [0.15, 0.2) is 12.1 Å². The number of aldehydes is 1. The Labute approximate surface area is 77.4 Å². The topological polar surface area (TPSA) is 17.1 Å². The third kappa shape index (κ3) is 1.59. The van der Waals surface area contributed by atoms with E-state index in [0.29, 0.717) is 0 Å². The van der Waals surface area contributed by atoms with Gasteiger partial charge in [-0.1, -0.05) is 18.3 Å². The zero-order valence-electron chi connectivity index (χ0n) is 7.13. The van der Waals surface area contributed by atoms with E-state index < -0.39 is 0 Å². The van der Waals surface area contributed by atoms with Crippen LogP contribution in [0, 0.1) is 13.8 Å². The van der Waals surface area contributed by atoms with Crippen LogP contribution < -0.4 is 0 Å². The number of thiocarbonyl (C=S) groups is 1. The van der Waals surface area contributed by atoms with Crippen LogP contribution in [0.1, 0.15) is 27.0 Å². The Bertz CT molecular complexity index is 295. The number of aryl methyl sites for hydroxylation is 2. The molecule has 1 nitrogen and oxygen atoms in total. The molecule has 0 unspecified atom stereocenters. The summed E-state index contributed by atoms with van der Waals surface area (Å²) >= 11 is 4.83. The monoisotopic (exact) mass is 178 g/mol. The zero-order valence-corrected chi connectivity index (χ0v) is 7.94. The average molecular weight is 178 g/mol. The molecule has 62 valence electrons. The second kappa shape index (κ2) is 3.59. The number of carbonyl (C=O) groups is 1. The summed E-state index contributed by atoms with van der Waals surface area (Å²) in [7, 11) is 0. The highest BCUT2D eigenvalue weighted by atomic mass is 32.1. The fraction of sp³-hybridized carbons (Fsp3) is 0.200. The van der Waals surface area contributed by atoms with Crippen LogP contribution in [0.5, 0.6) is 0 Å². The maximum absolute atomic E-state index is 10.5. The molecule has 0 saturated heterocycles. The Balaban J connectivity index is 3.34. The largest absolute Gasteiger partial charge is 0.298 e. The standard InChI is InChI=1S/C10H10OS/c1-7-4-10(6-12)8(2)3-9(7)5-11/h3-6H,1-2H3. The molecule has 0 radical (unpaired) electrons. The van der Waals surface area contributed by atoms with Gasteiger partial charge in [-0.15, -0.1) is 0 Å². The lowest BCUT2D eigenvalue weighted by molar-refractivity contribution is 0.112. The summed E-state index contributed by atoms with van der Waals surface area (Å²) < 4.78 is 0. The van der Waals surface area contributed by atoms with Crippen molar-refractivity contribution in [3.63, 3.8) is 0 Å². The Morgan fingerprint density at radius 1 is 1.17 bits per heavy atom. The molecule has 1 aromatic rings. The lowest BCUT2D eigenvalue weighted by Crippen LogP contribution is -1.92. The molecule has 2 heteroatoms. The summed E-state index contributed by atoms with van der Waals surface area (Å²) in [5.74, 6) is 0. The van der Waals surface area contributed by atoms with Gasteiger partial charge in [0, 0.05) is 10.9 Å². The molecule has 0 aliphatic carbocycles. The van der Waals surface area contributed by atoms with E-state index in [9.17, 15) is 4.79 Å². The molecule has 1 aromatic carbocycles. The molecule has 0 fully saturated rings. The van der Waals surface area contributed by atoms with E-state index in [1.807, 2.05) is 26.0 Å². The highest BCUT2D eigenvalue weighted by Crippen LogP contribution is 2.12.